The molecular formula is C35H54BN3O6. The van der Waals surface area contributed by atoms with Crippen LogP contribution in [-0.2, 0) is 32.0 Å². The van der Waals surface area contributed by atoms with Crippen LogP contribution in [0.1, 0.15) is 115 Å². The van der Waals surface area contributed by atoms with Gasteiger partial charge in [0.05, 0.1) is 18.7 Å². The number of rotatable bonds is 12. The number of nitrogens with one attached hydrogen (secondary N) is 1. The van der Waals surface area contributed by atoms with Gasteiger partial charge in [0.2, 0.25) is 11.8 Å². The molecule has 248 valence electrons. The van der Waals surface area contributed by atoms with Crippen molar-refractivity contribution in [3.63, 3.8) is 0 Å². The Labute approximate surface area is 269 Å². The number of hydrogen-bond acceptors (Lipinski definition) is 5. The van der Waals surface area contributed by atoms with Crippen LogP contribution in [-0.4, -0.2) is 71.2 Å². The first-order valence-electron chi connectivity index (χ1n) is 17.6. The molecule has 0 spiro atoms. The second kappa shape index (κ2) is 15.3. The molecule has 0 aromatic heterocycles. The van der Waals surface area contributed by atoms with Crippen LogP contribution in [0.15, 0.2) is 24.3 Å². The smallest absolute Gasteiger partial charge is 0.465 e. The lowest BCUT2D eigenvalue weighted by molar-refractivity contribution is -0.150. The van der Waals surface area contributed by atoms with Crippen molar-refractivity contribution in [2.45, 2.75) is 136 Å². The van der Waals surface area contributed by atoms with Gasteiger partial charge in [0.15, 0.2) is 0 Å². The molecule has 1 aromatic carbocycles. The van der Waals surface area contributed by atoms with Gasteiger partial charge in [-0.05, 0) is 60.5 Å². The molecule has 0 radical (unpaired) electrons. The summed E-state index contributed by atoms with van der Waals surface area (Å²) < 4.78 is 12.4. The minimum atomic E-state index is -0.841. The van der Waals surface area contributed by atoms with Crippen molar-refractivity contribution < 1.29 is 28.8 Å². The van der Waals surface area contributed by atoms with Gasteiger partial charge < -0.3 is 24.6 Å². The van der Waals surface area contributed by atoms with Crippen molar-refractivity contribution in [2.24, 2.45) is 17.3 Å². The predicted molar refractivity (Wildman–Crippen MR) is 174 cm³/mol. The molecule has 10 heteroatoms. The fourth-order valence-corrected chi connectivity index (χ4v) is 8.16. The molecule has 2 bridgehead atoms. The first-order chi connectivity index (χ1) is 21.7. The molecule has 9 nitrogen and oxygen atoms in total. The van der Waals surface area contributed by atoms with Crippen LogP contribution in [0.3, 0.4) is 0 Å². The van der Waals surface area contributed by atoms with Crippen molar-refractivity contribution in [1.82, 2.24) is 15.1 Å². The molecule has 3 aliphatic heterocycles. The van der Waals surface area contributed by atoms with Crippen molar-refractivity contribution in [3.05, 3.63) is 35.4 Å². The van der Waals surface area contributed by atoms with Gasteiger partial charge in [-0.2, -0.15) is 0 Å². The summed E-state index contributed by atoms with van der Waals surface area (Å²) >= 11 is 0. The second-order valence-corrected chi connectivity index (χ2v) is 14.4. The summed E-state index contributed by atoms with van der Waals surface area (Å²) in [6.45, 7) is 8.70. The molecule has 3 aliphatic carbocycles. The number of carbonyl (C=O) groups is 3. The van der Waals surface area contributed by atoms with Crippen molar-refractivity contribution >= 4 is 25.0 Å². The monoisotopic (exact) mass is 623 g/mol. The first kappa shape index (κ1) is 33.8. The summed E-state index contributed by atoms with van der Waals surface area (Å²) in [4.78, 5) is 39.5. The molecule has 5 atom stereocenters. The minimum Gasteiger partial charge on any atom is -0.465 e. The van der Waals surface area contributed by atoms with Crippen molar-refractivity contribution in [1.29, 1.82) is 0 Å². The third-order valence-electron chi connectivity index (χ3n) is 11.1. The van der Waals surface area contributed by atoms with Gasteiger partial charge >= 0.3 is 13.2 Å². The van der Waals surface area contributed by atoms with Crippen molar-refractivity contribution in [3.8, 4) is 0 Å². The van der Waals surface area contributed by atoms with E-state index in [1.54, 1.807) is 0 Å². The average molecular weight is 624 g/mol. The molecule has 45 heavy (non-hydrogen) atoms. The zero-order valence-corrected chi connectivity index (χ0v) is 27.7. The molecule has 1 aromatic rings. The summed E-state index contributed by atoms with van der Waals surface area (Å²) in [6.07, 6.45) is 14.2. The van der Waals surface area contributed by atoms with E-state index < -0.39 is 6.09 Å². The molecule has 5 fully saturated rings. The lowest BCUT2D eigenvalue weighted by Crippen LogP contribution is -2.59. The Morgan fingerprint density at radius 2 is 1.64 bits per heavy atom. The normalized spacial score (nSPS) is 27.3. The Morgan fingerprint density at radius 3 is 2.29 bits per heavy atom. The molecule has 2 N–H and O–H groups in total. The average Bonchev–Trinajstić information content (AvgIpc) is 3.79. The Morgan fingerprint density at radius 1 is 0.978 bits per heavy atom. The van der Waals surface area contributed by atoms with Crippen LogP contribution in [0.2, 0.25) is 0 Å². The number of nitrogens with zero attached hydrogens (tertiary/aromatic N) is 2. The lowest BCUT2D eigenvalue weighted by Gasteiger charge is -2.60. The van der Waals surface area contributed by atoms with E-state index >= 15 is 0 Å². The van der Waals surface area contributed by atoms with E-state index in [2.05, 4.69) is 26.1 Å². The maximum atomic E-state index is 12.9. The SMILES string of the molecule is CCCCCCCCCCC(=O)N1CCC[C@H]1C(=O)NCB1OC2CC3CC(C2O1)C3(C)C.O=C(O)N1Cc2ccccc2C1. The number of likely N-dealkylation sites (tertiary alicyclic amines) is 1. The van der Waals surface area contributed by atoms with Gasteiger partial charge in [0.1, 0.15) is 6.04 Å². The maximum Gasteiger partial charge on any atom is 0.478 e. The van der Waals surface area contributed by atoms with Gasteiger partial charge in [-0.25, -0.2) is 4.79 Å². The molecule has 3 saturated carbocycles. The summed E-state index contributed by atoms with van der Waals surface area (Å²) in [6, 6.07) is 7.48. The Hall–Kier alpha value is -2.59. The standard InChI is InChI=1S/C26H45BN2O4.C9H9NO2/c1-4-5-6-7-8-9-10-11-14-23(30)29-15-12-13-21(29)25(31)28-18-27-32-22-17-19-16-20(24(22)33-27)26(19,2)3;11-9(12)10-5-7-3-1-2-4-8(7)6-10/h19-22,24H,4-18H2,1-3H3,(H,28,31);1-4H,5-6H2,(H,11,12)/t19?,20?,21-,22?,24?;/m0./s1. The summed E-state index contributed by atoms with van der Waals surface area (Å²) in [5.41, 5.74) is 2.60. The van der Waals surface area contributed by atoms with E-state index in [0.717, 1.165) is 49.1 Å². The van der Waals surface area contributed by atoms with Crippen molar-refractivity contribution in [2.75, 3.05) is 13.0 Å². The number of benzene rings is 1. The highest BCUT2D eigenvalue weighted by molar-refractivity contribution is 6.45. The third kappa shape index (κ3) is 8.05. The fraction of sp³-hybridized carbons (Fsp3) is 0.743. The van der Waals surface area contributed by atoms with E-state index in [1.807, 2.05) is 29.2 Å². The Kier molecular flexibility index (Phi) is 11.5. The van der Waals surface area contributed by atoms with Gasteiger partial charge in [-0.15, -0.1) is 0 Å². The van der Waals surface area contributed by atoms with Gasteiger partial charge in [-0.3, -0.25) is 14.5 Å². The topological polar surface area (TPSA) is 108 Å². The number of unbranched alkanes of at least 4 members (excludes halogenated alkanes) is 7. The largest absolute Gasteiger partial charge is 0.478 e. The first-order valence-corrected chi connectivity index (χ1v) is 17.6. The Bertz CT molecular complexity index is 1150. The molecule has 3 heterocycles. The number of fused-ring (bicyclic) bond motifs is 1. The Balaban J connectivity index is 0.000000277. The molecular weight excluding hydrogens is 569 g/mol. The highest BCUT2D eigenvalue weighted by Crippen LogP contribution is 2.61. The second-order valence-electron chi connectivity index (χ2n) is 14.4. The highest BCUT2D eigenvalue weighted by atomic mass is 16.7. The molecule has 6 aliphatic rings. The summed E-state index contributed by atoms with van der Waals surface area (Å²) in [5, 5.41) is 11.7. The zero-order chi connectivity index (χ0) is 32.0. The lowest BCUT2D eigenvalue weighted by atomic mass is 9.47. The maximum absolute atomic E-state index is 12.9. The van der Waals surface area contributed by atoms with E-state index in [-0.39, 0.29) is 37.2 Å². The molecule has 2 saturated heterocycles. The van der Waals surface area contributed by atoms with Crippen LogP contribution in [0.4, 0.5) is 4.79 Å². The van der Waals surface area contributed by atoms with Crippen LogP contribution < -0.4 is 5.32 Å². The quantitative estimate of drug-likeness (QED) is 0.213. The van der Waals surface area contributed by atoms with Crippen LogP contribution in [0.25, 0.3) is 0 Å². The van der Waals surface area contributed by atoms with E-state index in [1.165, 1.54) is 49.8 Å². The number of amides is 3. The van der Waals surface area contributed by atoms with Crippen LogP contribution in [0, 0.1) is 17.3 Å². The zero-order valence-electron chi connectivity index (χ0n) is 27.7. The molecule has 4 unspecified atom stereocenters. The minimum absolute atomic E-state index is 0.0523. The third-order valence-corrected chi connectivity index (χ3v) is 11.1. The number of carbonyl (C=O) groups excluding carboxylic acids is 2. The summed E-state index contributed by atoms with van der Waals surface area (Å²) in [7, 11) is -0.359. The molecule has 7 rings (SSSR count). The van der Waals surface area contributed by atoms with Gasteiger partial charge in [0.25, 0.3) is 0 Å². The summed E-state index contributed by atoms with van der Waals surface area (Å²) in [5.74, 6) is 1.39. The number of carboxylic acid groups (broad SMARTS) is 1. The van der Waals surface area contributed by atoms with E-state index in [9.17, 15) is 14.4 Å². The van der Waals surface area contributed by atoms with Crippen LogP contribution >= 0.6 is 0 Å². The molecule has 3 amide bonds. The van der Waals surface area contributed by atoms with Gasteiger partial charge in [-0.1, -0.05) is 90.0 Å². The predicted octanol–water partition coefficient (Wildman–Crippen LogP) is 6.18. The highest BCUT2D eigenvalue weighted by Gasteiger charge is 2.61. The van der Waals surface area contributed by atoms with E-state index in [4.69, 9.17) is 14.4 Å². The fourth-order valence-electron chi connectivity index (χ4n) is 8.16. The van der Waals surface area contributed by atoms with Gasteiger partial charge in [0, 0.05) is 26.1 Å². The van der Waals surface area contributed by atoms with E-state index in [0.29, 0.717) is 43.8 Å². The number of hydrogen-bond donors (Lipinski definition) is 2. The van der Waals surface area contributed by atoms with Crippen LogP contribution in [0.5, 0.6) is 0 Å².